The second-order valence-corrected chi connectivity index (χ2v) is 6.12. The fraction of sp³-hybridized carbons (Fsp3) is 0.611. The average Bonchev–Trinajstić information content (AvgIpc) is 2.52. The first-order valence-corrected chi connectivity index (χ1v) is 8.15. The highest BCUT2D eigenvalue weighted by Gasteiger charge is 2.19. The smallest absolute Gasteiger partial charge is 0.335 e. The minimum Gasteiger partial charge on any atom is -0.494 e. The lowest BCUT2D eigenvalue weighted by atomic mass is 9.79. The van der Waals surface area contributed by atoms with Crippen LogP contribution >= 0.6 is 0 Å². The molecule has 0 radical (unpaired) electrons. The lowest BCUT2D eigenvalue weighted by Gasteiger charge is -2.27. The molecule has 0 aliphatic heterocycles. The highest BCUT2D eigenvalue weighted by atomic mass is 16.5. The highest BCUT2D eigenvalue weighted by Crippen LogP contribution is 2.32. The van der Waals surface area contributed by atoms with Gasteiger partial charge in [0.2, 0.25) is 0 Å². The fourth-order valence-corrected chi connectivity index (χ4v) is 3.18. The Kier molecular flexibility index (Phi) is 6.09. The first kappa shape index (κ1) is 15.9. The zero-order valence-corrected chi connectivity index (χ0v) is 12.9. The van der Waals surface area contributed by atoms with Crippen molar-refractivity contribution in [1.82, 2.24) is 0 Å². The molecule has 0 bridgehead atoms. The second kappa shape index (κ2) is 8.06. The van der Waals surface area contributed by atoms with Gasteiger partial charge in [0.1, 0.15) is 5.75 Å². The van der Waals surface area contributed by atoms with Crippen LogP contribution in [0.25, 0.3) is 0 Å². The maximum atomic E-state index is 10.8. The molecule has 3 nitrogen and oxygen atoms in total. The molecule has 1 N–H and O–H groups in total. The summed E-state index contributed by atoms with van der Waals surface area (Å²) in [5.74, 6) is 1.70. The Labute approximate surface area is 127 Å². The zero-order valence-electron chi connectivity index (χ0n) is 12.9. The van der Waals surface area contributed by atoms with Gasteiger partial charge in [0.25, 0.3) is 0 Å². The summed E-state index contributed by atoms with van der Waals surface area (Å²) >= 11 is 0. The molecular weight excluding hydrogens is 264 g/mol. The van der Waals surface area contributed by atoms with E-state index in [9.17, 15) is 4.79 Å². The molecule has 0 amide bonds. The van der Waals surface area contributed by atoms with E-state index in [4.69, 9.17) is 9.84 Å². The number of carbonyl (C=O) groups is 1. The Morgan fingerprint density at radius 3 is 2.33 bits per heavy atom. The van der Waals surface area contributed by atoms with E-state index in [-0.39, 0.29) is 0 Å². The minimum atomic E-state index is -0.899. The molecule has 0 unspecified atom stereocenters. The maximum absolute atomic E-state index is 10.8. The average molecular weight is 290 g/mol. The molecule has 0 heterocycles. The number of aromatic carboxylic acids is 1. The van der Waals surface area contributed by atoms with Crippen LogP contribution in [0.1, 0.15) is 62.2 Å². The molecule has 1 fully saturated rings. The van der Waals surface area contributed by atoms with Gasteiger partial charge in [-0.2, -0.15) is 0 Å². The van der Waals surface area contributed by atoms with E-state index in [1.165, 1.54) is 38.5 Å². The van der Waals surface area contributed by atoms with Crippen molar-refractivity contribution in [3.05, 3.63) is 29.8 Å². The van der Waals surface area contributed by atoms with Crippen molar-refractivity contribution >= 4 is 5.97 Å². The SMILES string of the molecule is CCC1CCC(CCCOc2ccc(C(=O)O)cc2)CC1. The van der Waals surface area contributed by atoms with Gasteiger partial charge in [-0.3, -0.25) is 0 Å². The summed E-state index contributed by atoms with van der Waals surface area (Å²) in [4.78, 5) is 10.8. The number of hydrogen-bond acceptors (Lipinski definition) is 2. The second-order valence-electron chi connectivity index (χ2n) is 6.12. The normalized spacial score (nSPS) is 22.0. The monoisotopic (exact) mass is 290 g/mol. The Balaban J connectivity index is 1.62. The Hall–Kier alpha value is -1.51. The van der Waals surface area contributed by atoms with Crippen molar-refractivity contribution in [2.45, 2.75) is 51.9 Å². The quantitative estimate of drug-likeness (QED) is 0.736. The van der Waals surface area contributed by atoms with Crippen LogP contribution in [0.4, 0.5) is 0 Å². The summed E-state index contributed by atoms with van der Waals surface area (Å²) < 4.78 is 5.68. The van der Waals surface area contributed by atoms with Gasteiger partial charge in [-0.1, -0.05) is 39.0 Å². The largest absolute Gasteiger partial charge is 0.494 e. The topological polar surface area (TPSA) is 46.5 Å². The Morgan fingerprint density at radius 1 is 1.14 bits per heavy atom. The molecule has 0 spiro atoms. The number of carboxylic acid groups (broad SMARTS) is 1. The van der Waals surface area contributed by atoms with Crippen molar-refractivity contribution in [3.8, 4) is 5.75 Å². The van der Waals surface area contributed by atoms with Gasteiger partial charge >= 0.3 is 5.97 Å². The van der Waals surface area contributed by atoms with Gasteiger partial charge in [-0.25, -0.2) is 4.79 Å². The van der Waals surface area contributed by atoms with Crippen LogP contribution in [0.3, 0.4) is 0 Å². The van der Waals surface area contributed by atoms with E-state index in [1.54, 1.807) is 24.3 Å². The highest BCUT2D eigenvalue weighted by molar-refractivity contribution is 5.87. The number of carboxylic acids is 1. The molecule has 1 aliphatic carbocycles. The summed E-state index contributed by atoms with van der Waals surface area (Å²) in [6.45, 7) is 3.02. The third-order valence-electron chi connectivity index (χ3n) is 4.67. The van der Waals surface area contributed by atoms with Crippen LogP contribution in [-0.4, -0.2) is 17.7 Å². The van der Waals surface area contributed by atoms with Crippen LogP contribution < -0.4 is 4.74 Å². The van der Waals surface area contributed by atoms with E-state index in [1.807, 2.05) is 0 Å². The lowest BCUT2D eigenvalue weighted by Crippen LogP contribution is -2.14. The number of benzene rings is 1. The Bertz CT molecular complexity index is 430. The van der Waals surface area contributed by atoms with E-state index < -0.39 is 5.97 Å². The Morgan fingerprint density at radius 2 is 1.76 bits per heavy atom. The summed E-state index contributed by atoms with van der Waals surface area (Å²) in [6.07, 6.45) is 9.24. The summed E-state index contributed by atoms with van der Waals surface area (Å²) in [7, 11) is 0. The molecule has 1 aliphatic rings. The first-order valence-electron chi connectivity index (χ1n) is 8.15. The molecule has 21 heavy (non-hydrogen) atoms. The van der Waals surface area contributed by atoms with Crippen molar-refractivity contribution in [1.29, 1.82) is 0 Å². The van der Waals surface area contributed by atoms with E-state index in [0.29, 0.717) is 5.56 Å². The lowest BCUT2D eigenvalue weighted by molar-refractivity contribution is 0.0697. The van der Waals surface area contributed by atoms with Gasteiger partial charge in [0, 0.05) is 0 Å². The molecular formula is C18H26O3. The van der Waals surface area contributed by atoms with Gasteiger partial charge in [0.15, 0.2) is 0 Å². The summed E-state index contributed by atoms with van der Waals surface area (Å²) in [6, 6.07) is 6.64. The molecule has 116 valence electrons. The number of hydrogen-bond donors (Lipinski definition) is 1. The molecule has 0 aromatic heterocycles. The minimum absolute atomic E-state index is 0.301. The molecule has 1 aromatic carbocycles. The predicted octanol–water partition coefficient (Wildman–Crippen LogP) is 4.76. The number of ether oxygens (including phenoxy) is 1. The molecule has 1 saturated carbocycles. The molecule has 1 aromatic rings. The van der Waals surface area contributed by atoms with Crippen molar-refractivity contribution < 1.29 is 14.6 Å². The number of rotatable bonds is 7. The zero-order chi connectivity index (χ0) is 15.1. The third kappa shape index (κ3) is 5.07. The van der Waals surface area contributed by atoms with Crippen molar-refractivity contribution in [2.75, 3.05) is 6.61 Å². The van der Waals surface area contributed by atoms with Crippen molar-refractivity contribution in [3.63, 3.8) is 0 Å². The van der Waals surface area contributed by atoms with E-state index in [2.05, 4.69) is 6.92 Å². The molecule has 0 saturated heterocycles. The summed E-state index contributed by atoms with van der Waals surface area (Å²) in [5, 5.41) is 8.83. The van der Waals surface area contributed by atoms with Crippen LogP contribution in [0.15, 0.2) is 24.3 Å². The predicted molar refractivity (Wildman–Crippen MR) is 83.9 cm³/mol. The summed E-state index contributed by atoms with van der Waals surface area (Å²) in [5.41, 5.74) is 0.301. The standard InChI is InChI=1S/C18H26O3/c1-2-14-5-7-15(8-6-14)4-3-13-21-17-11-9-16(10-12-17)18(19)20/h9-12,14-15H,2-8,13H2,1H3,(H,19,20). The molecule has 0 atom stereocenters. The fourth-order valence-electron chi connectivity index (χ4n) is 3.18. The maximum Gasteiger partial charge on any atom is 0.335 e. The van der Waals surface area contributed by atoms with Crippen LogP contribution in [0.5, 0.6) is 5.75 Å². The van der Waals surface area contributed by atoms with Crippen LogP contribution in [-0.2, 0) is 0 Å². The van der Waals surface area contributed by atoms with Crippen LogP contribution in [0.2, 0.25) is 0 Å². The first-order chi connectivity index (χ1) is 10.2. The van der Waals surface area contributed by atoms with Gasteiger partial charge in [0.05, 0.1) is 12.2 Å². The molecule has 2 rings (SSSR count). The van der Waals surface area contributed by atoms with Crippen molar-refractivity contribution in [2.24, 2.45) is 11.8 Å². The van der Waals surface area contributed by atoms with Crippen LogP contribution in [0, 0.1) is 11.8 Å². The van der Waals surface area contributed by atoms with Gasteiger partial charge < -0.3 is 9.84 Å². The third-order valence-corrected chi connectivity index (χ3v) is 4.67. The molecule has 3 heteroatoms. The van der Waals surface area contributed by atoms with E-state index in [0.717, 1.165) is 30.6 Å². The van der Waals surface area contributed by atoms with Gasteiger partial charge in [-0.15, -0.1) is 0 Å². The van der Waals surface area contributed by atoms with Gasteiger partial charge in [-0.05, 0) is 48.9 Å². The van der Waals surface area contributed by atoms with E-state index >= 15 is 0 Å².